The smallest absolute Gasteiger partial charge is 0.275 e. The van der Waals surface area contributed by atoms with Crippen LogP contribution in [0.15, 0.2) is 41.5 Å². The van der Waals surface area contributed by atoms with Crippen LogP contribution in [0, 0.1) is 0 Å². The third kappa shape index (κ3) is 3.78. The number of anilines is 1. The lowest BCUT2D eigenvalue weighted by molar-refractivity contribution is 0.0952. The van der Waals surface area contributed by atoms with Crippen LogP contribution in [-0.4, -0.2) is 29.8 Å². The molecule has 0 spiro atoms. The standard InChI is InChI=1S/C21H24ClN3O2/c1-13-11-21(2,3)25(4)18-10-17(22)14(9-16(13)18)12-23-24-20(27)15-7-5-6-8-19(15)26/h5-10,12-13,26H,11H2,1-4H3,(H,24,27)/b23-12+/t13-/m1/s1. The van der Waals surface area contributed by atoms with Crippen molar-refractivity contribution < 1.29 is 9.90 Å². The van der Waals surface area contributed by atoms with Gasteiger partial charge in [-0.25, -0.2) is 5.43 Å². The number of phenols is 1. The van der Waals surface area contributed by atoms with Crippen molar-refractivity contribution >= 4 is 29.4 Å². The number of hydrogen-bond donors (Lipinski definition) is 2. The van der Waals surface area contributed by atoms with Gasteiger partial charge in [0.15, 0.2) is 0 Å². The summed E-state index contributed by atoms with van der Waals surface area (Å²) >= 11 is 6.45. The number of nitrogens with one attached hydrogen (secondary N) is 1. The van der Waals surface area contributed by atoms with Gasteiger partial charge < -0.3 is 10.0 Å². The SMILES string of the molecule is C[C@@H]1CC(C)(C)N(C)c2cc(Cl)c(/C=N/NC(=O)c3ccccc3O)cc21. The van der Waals surface area contributed by atoms with Gasteiger partial charge in [0.05, 0.1) is 16.8 Å². The van der Waals surface area contributed by atoms with Gasteiger partial charge in [0.1, 0.15) is 5.75 Å². The molecule has 0 aliphatic carbocycles. The monoisotopic (exact) mass is 385 g/mol. The van der Waals surface area contributed by atoms with E-state index < -0.39 is 5.91 Å². The van der Waals surface area contributed by atoms with E-state index in [9.17, 15) is 9.90 Å². The molecule has 27 heavy (non-hydrogen) atoms. The number of hydrazone groups is 1. The maximum absolute atomic E-state index is 12.1. The van der Waals surface area contributed by atoms with Crippen molar-refractivity contribution in [2.75, 3.05) is 11.9 Å². The van der Waals surface area contributed by atoms with Crippen LogP contribution in [-0.2, 0) is 0 Å². The quantitative estimate of drug-likeness (QED) is 0.602. The van der Waals surface area contributed by atoms with Crippen molar-refractivity contribution in [3.8, 4) is 5.75 Å². The Hall–Kier alpha value is -2.53. The molecule has 1 amide bonds. The summed E-state index contributed by atoms with van der Waals surface area (Å²) in [5.74, 6) is -0.170. The van der Waals surface area contributed by atoms with Gasteiger partial charge in [-0.15, -0.1) is 0 Å². The Balaban J connectivity index is 1.82. The van der Waals surface area contributed by atoms with Crippen molar-refractivity contribution in [2.45, 2.75) is 38.6 Å². The average molecular weight is 386 g/mol. The molecule has 0 radical (unpaired) electrons. The molecular weight excluding hydrogens is 362 g/mol. The highest BCUT2D eigenvalue weighted by Gasteiger charge is 2.34. The van der Waals surface area contributed by atoms with Gasteiger partial charge >= 0.3 is 0 Å². The highest BCUT2D eigenvalue weighted by molar-refractivity contribution is 6.33. The topological polar surface area (TPSA) is 64.9 Å². The number of amides is 1. The first-order chi connectivity index (χ1) is 12.7. The molecule has 2 aromatic rings. The zero-order valence-electron chi connectivity index (χ0n) is 16.0. The van der Waals surface area contributed by atoms with Crippen LogP contribution in [0.25, 0.3) is 0 Å². The summed E-state index contributed by atoms with van der Waals surface area (Å²) in [5, 5.41) is 14.3. The Bertz CT molecular complexity index is 908. The molecular formula is C21H24ClN3O2. The third-order valence-corrected chi connectivity index (χ3v) is 5.60. The van der Waals surface area contributed by atoms with E-state index in [2.05, 4.69) is 43.2 Å². The van der Waals surface area contributed by atoms with Crippen LogP contribution < -0.4 is 10.3 Å². The molecule has 0 bridgehead atoms. The molecule has 1 atom stereocenters. The number of hydrogen-bond acceptors (Lipinski definition) is 4. The minimum atomic E-state index is -0.478. The van der Waals surface area contributed by atoms with E-state index >= 15 is 0 Å². The average Bonchev–Trinajstić information content (AvgIpc) is 2.60. The lowest BCUT2D eigenvalue weighted by atomic mass is 9.80. The van der Waals surface area contributed by atoms with Crippen molar-refractivity contribution in [1.29, 1.82) is 0 Å². The summed E-state index contributed by atoms with van der Waals surface area (Å²) in [4.78, 5) is 14.4. The molecule has 5 nitrogen and oxygen atoms in total. The molecule has 2 N–H and O–H groups in total. The number of carbonyl (C=O) groups is 1. The number of aromatic hydroxyl groups is 1. The van der Waals surface area contributed by atoms with E-state index in [4.69, 9.17) is 11.6 Å². The maximum atomic E-state index is 12.1. The van der Waals surface area contributed by atoms with Crippen molar-refractivity contribution in [1.82, 2.24) is 5.43 Å². The van der Waals surface area contributed by atoms with Gasteiger partial charge in [-0.2, -0.15) is 5.10 Å². The molecule has 1 heterocycles. The minimum absolute atomic E-state index is 0.0665. The van der Waals surface area contributed by atoms with Gasteiger partial charge in [0.25, 0.3) is 5.91 Å². The molecule has 3 rings (SSSR count). The van der Waals surface area contributed by atoms with Crippen LogP contribution >= 0.6 is 11.6 Å². The number of carbonyl (C=O) groups excluding carboxylic acids is 1. The number of phenolic OH excluding ortho intramolecular Hbond substituents is 1. The number of fused-ring (bicyclic) bond motifs is 1. The van der Waals surface area contributed by atoms with Gasteiger partial charge in [-0.1, -0.05) is 30.7 Å². The molecule has 0 fully saturated rings. The Morgan fingerprint density at radius 1 is 1.37 bits per heavy atom. The number of rotatable bonds is 3. The first-order valence-electron chi connectivity index (χ1n) is 8.89. The summed E-state index contributed by atoms with van der Waals surface area (Å²) in [6, 6.07) is 10.3. The van der Waals surface area contributed by atoms with Crippen LogP contribution in [0.2, 0.25) is 5.02 Å². The minimum Gasteiger partial charge on any atom is -0.507 e. The van der Waals surface area contributed by atoms with Gasteiger partial charge in [-0.3, -0.25) is 4.79 Å². The predicted octanol–water partition coefficient (Wildman–Crippen LogP) is 4.53. The van der Waals surface area contributed by atoms with Crippen LogP contribution in [0.1, 0.15) is 54.6 Å². The fraction of sp³-hybridized carbons (Fsp3) is 0.333. The second-order valence-corrected chi connectivity index (χ2v) is 8.03. The number of para-hydroxylation sites is 1. The molecule has 0 aromatic heterocycles. The summed E-state index contributed by atoms with van der Waals surface area (Å²) in [7, 11) is 2.08. The Morgan fingerprint density at radius 3 is 2.78 bits per heavy atom. The van der Waals surface area contributed by atoms with E-state index in [1.165, 1.54) is 23.9 Å². The lowest BCUT2D eigenvalue weighted by Gasteiger charge is -2.45. The number of benzene rings is 2. The summed E-state index contributed by atoms with van der Waals surface area (Å²) in [6.07, 6.45) is 2.58. The van der Waals surface area contributed by atoms with E-state index in [-0.39, 0.29) is 16.9 Å². The Labute approximate surface area is 164 Å². The van der Waals surface area contributed by atoms with Crippen molar-refractivity contribution in [3.63, 3.8) is 0 Å². The summed E-state index contributed by atoms with van der Waals surface area (Å²) in [6.45, 7) is 6.66. The van der Waals surface area contributed by atoms with Crippen LogP contribution in [0.4, 0.5) is 5.69 Å². The molecule has 0 saturated heterocycles. The largest absolute Gasteiger partial charge is 0.507 e. The second kappa shape index (κ2) is 7.24. The predicted molar refractivity (Wildman–Crippen MR) is 110 cm³/mol. The maximum Gasteiger partial charge on any atom is 0.275 e. The molecule has 0 unspecified atom stereocenters. The highest BCUT2D eigenvalue weighted by atomic mass is 35.5. The first kappa shape index (κ1) is 19.2. The van der Waals surface area contributed by atoms with E-state index in [0.717, 1.165) is 17.7 Å². The molecule has 1 aliphatic heterocycles. The van der Waals surface area contributed by atoms with E-state index in [0.29, 0.717) is 10.9 Å². The summed E-state index contributed by atoms with van der Waals surface area (Å²) < 4.78 is 0. The fourth-order valence-electron chi connectivity index (χ4n) is 3.59. The van der Waals surface area contributed by atoms with Gasteiger partial charge in [-0.05, 0) is 56.0 Å². The first-order valence-corrected chi connectivity index (χ1v) is 9.27. The van der Waals surface area contributed by atoms with E-state index in [1.807, 2.05) is 12.1 Å². The highest BCUT2D eigenvalue weighted by Crippen LogP contribution is 2.44. The zero-order chi connectivity index (χ0) is 19.8. The van der Waals surface area contributed by atoms with Crippen molar-refractivity contribution in [2.24, 2.45) is 5.10 Å². The normalized spacial score (nSPS) is 18.4. The second-order valence-electron chi connectivity index (χ2n) is 7.63. The molecule has 1 aliphatic rings. The Kier molecular flexibility index (Phi) is 5.16. The van der Waals surface area contributed by atoms with Crippen LogP contribution in [0.3, 0.4) is 0 Å². The molecule has 2 aromatic carbocycles. The Morgan fingerprint density at radius 2 is 2.07 bits per heavy atom. The third-order valence-electron chi connectivity index (χ3n) is 5.27. The molecule has 6 heteroatoms. The van der Waals surface area contributed by atoms with Crippen molar-refractivity contribution in [3.05, 3.63) is 58.1 Å². The molecule has 0 saturated carbocycles. The fourth-order valence-corrected chi connectivity index (χ4v) is 3.80. The van der Waals surface area contributed by atoms with Crippen LogP contribution in [0.5, 0.6) is 5.75 Å². The lowest BCUT2D eigenvalue weighted by Crippen LogP contribution is -2.45. The zero-order valence-corrected chi connectivity index (χ0v) is 16.7. The number of nitrogens with zero attached hydrogens (tertiary/aromatic N) is 2. The van der Waals surface area contributed by atoms with Gasteiger partial charge in [0, 0.05) is 23.8 Å². The molecule has 142 valence electrons. The number of halogens is 1. The van der Waals surface area contributed by atoms with E-state index in [1.54, 1.807) is 12.1 Å². The van der Waals surface area contributed by atoms with Gasteiger partial charge in [0.2, 0.25) is 0 Å². The summed E-state index contributed by atoms with van der Waals surface area (Å²) in [5.41, 5.74) is 5.75.